The number of hydrogen-bond donors (Lipinski definition) is 4. The van der Waals surface area contributed by atoms with Gasteiger partial charge in [-0.15, -0.1) is 6.58 Å². The molecule has 1 aliphatic heterocycles. The van der Waals surface area contributed by atoms with Crippen molar-refractivity contribution in [2.75, 3.05) is 32.2 Å². The van der Waals surface area contributed by atoms with Crippen LogP contribution in [0.1, 0.15) is 65.7 Å². The van der Waals surface area contributed by atoms with Crippen molar-refractivity contribution in [2.24, 2.45) is 23.2 Å². The molecule has 0 radical (unpaired) electrons. The number of benzene rings is 1. The van der Waals surface area contributed by atoms with E-state index >= 15 is 0 Å². The lowest BCUT2D eigenvalue weighted by Crippen LogP contribution is -2.59. The summed E-state index contributed by atoms with van der Waals surface area (Å²) in [6, 6.07) is 3.57. The van der Waals surface area contributed by atoms with E-state index in [1.165, 1.54) is 17.2 Å². The predicted molar refractivity (Wildman–Crippen MR) is 215 cm³/mol. The SMILES string of the molecule is C=C[C@@H]1C[C@]1(NC(=O)[C@@H]1C[C@@H](Oc2cc(-c3coc(NC4CC4)n3)nc3c(Cl)c(OCCOC)ccc23)CN1C(=O)[C@@H](NC(=O)O[C@@H]1C[C@@H]2C[C@@H]2C1)C(C)(C)C)C(=O)O. The van der Waals surface area contributed by atoms with Gasteiger partial charge in [-0.2, -0.15) is 4.98 Å². The monoisotopic (exact) mass is 834 g/mol. The summed E-state index contributed by atoms with van der Waals surface area (Å²) in [5, 5.41) is 19.7. The minimum absolute atomic E-state index is 0.00268. The first-order chi connectivity index (χ1) is 28.2. The molecule has 316 valence electrons. The number of nitrogens with zero attached hydrogens (tertiary/aromatic N) is 3. The number of rotatable bonds is 16. The van der Waals surface area contributed by atoms with E-state index in [0.29, 0.717) is 64.3 Å². The molecule has 59 heavy (non-hydrogen) atoms. The molecule has 3 aromatic rings. The predicted octanol–water partition coefficient (Wildman–Crippen LogP) is 5.58. The average molecular weight is 835 g/mol. The number of carboxylic acids is 1. The first kappa shape index (κ1) is 40.7. The molecule has 5 aliphatic rings. The van der Waals surface area contributed by atoms with Crippen LogP contribution in [0.25, 0.3) is 22.3 Å². The number of carboxylic acid groups (broad SMARTS) is 1. The first-order valence-corrected chi connectivity index (χ1v) is 20.6. The highest BCUT2D eigenvalue weighted by Gasteiger charge is 2.61. The van der Waals surface area contributed by atoms with Crippen molar-refractivity contribution in [1.82, 2.24) is 25.5 Å². The topological polar surface area (TPSA) is 204 Å². The highest BCUT2D eigenvalue weighted by atomic mass is 35.5. The molecule has 0 bridgehead atoms. The van der Waals surface area contributed by atoms with Crippen LogP contribution < -0.4 is 25.4 Å². The molecule has 0 spiro atoms. The second kappa shape index (κ2) is 15.8. The van der Waals surface area contributed by atoms with Gasteiger partial charge in [0.25, 0.3) is 6.01 Å². The van der Waals surface area contributed by atoms with E-state index in [-0.39, 0.29) is 37.1 Å². The molecule has 16 nitrogen and oxygen atoms in total. The maximum Gasteiger partial charge on any atom is 0.408 e. The largest absolute Gasteiger partial charge is 0.490 e. The molecule has 8 rings (SSSR count). The molecule has 17 heteroatoms. The second-order valence-corrected chi connectivity index (χ2v) is 17.9. The van der Waals surface area contributed by atoms with Gasteiger partial charge in [-0.3, -0.25) is 9.59 Å². The van der Waals surface area contributed by atoms with Gasteiger partial charge in [0, 0.05) is 36.9 Å². The number of ether oxygens (including phenoxy) is 4. The fourth-order valence-corrected chi connectivity index (χ4v) is 8.65. The number of anilines is 1. The van der Waals surface area contributed by atoms with Crippen LogP contribution in [0.3, 0.4) is 0 Å². The average Bonchev–Trinajstić information content (AvgIpc) is 4.14. The van der Waals surface area contributed by atoms with Crippen molar-refractivity contribution in [3.05, 3.63) is 42.1 Å². The molecule has 1 aromatic carbocycles. The Balaban J connectivity index is 1.10. The number of likely N-dealkylation sites (tertiary alicyclic amines) is 1. The molecule has 5 fully saturated rings. The lowest BCUT2D eigenvalue weighted by Gasteiger charge is -2.35. The standard InChI is InChI=1S/C42H51ClN6O10/c1-6-23-18-42(23,38(52)53)48-36(50)30-16-26(19-49(30)37(51)35(41(2,3)4)47-40(54)59-25-14-21-13-22(21)15-25)58-32-17-28(29-20-57-39(46-29)44-24-7-8-24)45-34-27(32)9-10-31(33(34)43)56-12-11-55-5/h6,9-10,17,20-26,30,35H,1,7-8,11-16,18-19H2,2-5H3,(H,44,46)(H,47,54)(H,48,50)(H,52,53)/t21-,22+,23-,25+,26-,30+,35-,42-/m1/s1. The Morgan fingerprint density at radius 1 is 1.07 bits per heavy atom. The van der Waals surface area contributed by atoms with Crippen molar-refractivity contribution in [1.29, 1.82) is 0 Å². The minimum atomic E-state index is -1.54. The third-order valence-electron chi connectivity index (χ3n) is 12.1. The van der Waals surface area contributed by atoms with Crippen molar-refractivity contribution in [3.8, 4) is 22.9 Å². The third kappa shape index (κ3) is 8.51. The molecule has 1 saturated heterocycles. The van der Waals surface area contributed by atoms with Crippen molar-refractivity contribution < 1.29 is 47.6 Å². The highest BCUT2D eigenvalue weighted by molar-refractivity contribution is 6.36. The zero-order valence-electron chi connectivity index (χ0n) is 33.6. The summed E-state index contributed by atoms with van der Waals surface area (Å²) in [5.74, 6) is -0.955. The fourth-order valence-electron chi connectivity index (χ4n) is 8.39. The Hall–Kier alpha value is -5.09. The molecule has 2 aromatic heterocycles. The van der Waals surface area contributed by atoms with E-state index in [0.717, 1.165) is 32.1 Å². The van der Waals surface area contributed by atoms with E-state index in [4.69, 9.17) is 39.9 Å². The van der Waals surface area contributed by atoms with Gasteiger partial charge in [0.1, 0.15) is 64.9 Å². The normalized spacial score (nSPS) is 27.4. The van der Waals surface area contributed by atoms with Crippen molar-refractivity contribution in [2.45, 2.75) is 102 Å². The van der Waals surface area contributed by atoms with Gasteiger partial charge in [0.15, 0.2) is 0 Å². The van der Waals surface area contributed by atoms with Gasteiger partial charge in [-0.1, -0.05) is 38.4 Å². The Labute approximate surface area is 346 Å². The maximum atomic E-state index is 14.7. The smallest absolute Gasteiger partial charge is 0.408 e. The van der Waals surface area contributed by atoms with Gasteiger partial charge in [0.05, 0.1) is 24.4 Å². The number of methoxy groups -OCH3 is 1. The van der Waals surface area contributed by atoms with Crippen LogP contribution in [0.4, 0.5) is 10.8 Å². The summed E-state index contributed by atoms with van der Waals surface area (Å²) < 4.78 is 29.2. The van der Waals surface area contributed by atoms with Crippen LogP contribution in [-0.4, -0.2) is 107 Å². The summed E-state index contributed by atoms with van der Waals surface area (Å²) in [6.45, 7) is 9.70. The van der Waals surface area contributed by atoms with Gasteiger partial charge in [-0.05, 0) is 67.9 Å². The summed E-state index contributed by atoms with van der Waals surface area (Å²) in [6.07, 6.45) is 6.31. The van der Waals surface area contributed by atoms with Crippen LogP contribution in [0.15, 0.2) is 41.5 Å². The van der Waals surface area contributed by atoms with E-state index in [9.17, 15) is 24.3 Å². The van der Waals surface area contributed by atoms with E-state index in [1.807, 2.05) is 20.8 Å². The molecule has 3 amide bonds. The zero-order chi connectivity index (χ0) is 41.8. The van der Waals surface area contributed by atoms with E-state index < -0.39 is 58.9 Å². The second-order valence-electron chi connectivity index (χ2n) is 17.6. The van der Waals surface area contributed by atoms with Crippen LogP contribution >= 0.6 is 11.6 Å². The summed E-state index contributed by atoms with van der Waals surface area (Å²) in [4.78, 5) is 65.5. The number of carbonyl (C=O) groups is 4. The van der Waals surface area contributed by atoms with Crippen LogP contribution in [0.2, 0.25) is 5.02 Å². The molecule has 3 heterocycles. The number of nitrogens with one attached hydrogen (secondary N) is 3. The minimum Gasteiger partial charge on any atom is -0.490 e. The molecule has 0 unspecified atom stereocenters. The van der Waals surface area contributed by atoms with Crippen molar-refractivity contribution >= 4 is 52.4 Å². The molecule has 4 saturated carbocycles. The number of amides is 3. The van der Waals surface area contributed by atoms with Crippen molar-refractivity contribution in [3.63, 3.8) is 0 Å². The third-order valence-corrected chi connectivity index (χ3v) is 12.4. The van der Waals surface area contributed by atoms with Gasteiger partial charge in [0.2, 0.25) is 11.8 Å². The maximum absolute atomic E-state index is 14.7. The first-order valence-electron chi connectivity index (χ1n) is 20.3. The van der Waals surface area contributed by atoms with Gasteiger partial charge >= 0.3 is 12.1 Å². The molecule has 8 atom stereocenters. The van der Waals surface area contributed by atoms with Gasteiger partial charge < -0.3 is 49.3 Å². The number of aromatic nitrogens is 2. The number of oxazole rings is 1. The van der Waals surface area contributed by atoms with E-state index in [2.05, 4.69) is 27.5 Å². The van der Waals surface area contributed by atoms with E-state index in [1.54, 1.807) is 25.3 Å². The lowest BCUT2D eigenvalue weighted by atomic mass is 9.85. The number of pyridine rings is 1. The number of halogens is 1. The Morgan fingerprint density at radius 2 is 1.83 bits per heavy atom. The van der Waals surface area contributed by atoms with Gasteiger partial charge in [-0.25, -0.2) is 14.6 Å². The Bertz CT molecular complexity index is 2140. The molecular formula is C42H51ClN6O10. The molecular weight excluding hydrogens is 784 g/mol. The fraction of sp³-hybridized carbons (Fsp3) is 0.571. The van der Waals surface area contributed by atoms with Crippen LogP contribution in [0.5, 0.6) is 11.5 Å². The lowest BCUT2D eigenvalue weighted by molar-refractivity contribution is -0.146. The quantitative estimate of drug-likeness (QED) is 0.103. The number of fused-ring (bicyclic) bond motifs is 2. The Morgan fingerprint density at radius 3 is 2.49 bits per heavy atom. The Kier molecular flexibility index (Phi) is 10.9. The highest BCUT2D eigenvalue weighted by Crippen LogP contribution is 2.52. The number of aliphatic carboxylic acids is 1. The number of alkyl carbamates (subject to hydrolysis) is 1. The molecule has 4 N–H and O–H groups in total. The number of carbonyl (C=O) groups excluding carboxylic acids is 3. The van der Waals surface area contributed by atoms with Crippen LogP contribution in [0, 0.1) is 23.2 Å². The summed E-state index contributed by atoms with van der Waals surface area (Å²) in [7, 11) is 1.57. The molecule has 4 aliphatic carbocycles. The zero-order valence-corrected chi connectivity index (χ0v) is 34.4. The number of hydrogen-bond acceptors (Lipinski definition) is 12. The summed E-state index contributed by atoms with van der Waals surface area (Å²) in [5.41, 5.74) is -1.18. The summed E-state index contributed by atoms with van der Waals surface area (Å²) >= 11 is 6.93. The van der Waals surface area contributed by atoms with Crippen LogP contribution in [-0.2, 0) is 23.9 Å².